The fourth-order valence-corrected chi connectivity index (χ4v) is 4.28. The van der Waals surface area contributed by atoms with Crippen LogP contribution in [0.5, 0.6) is 0 Å². The van der Waals surface area contributed by atoms with Crippen molar-refractivity contribution in [1.82, 2.24) is 4.90 Å². The molecule has 16 heavy (non-hydrogen) atoms. The molecule has 0 N–H and O–H groups in total. The van der Waals surface area contributed by atoms with Gasteiger partial charge in [0.2, 0.25) is 0 Å². The van der Waals surface area contributed by atoms with E-state index in [0.717, 1.165) is 19.8 Å². The minimum atomic E-state index is 0.604. The molecule has 2 aliphatic rings. The molecule has 0 radical (unpaired) electrons. The molecule has 0 unspecified atom stereocenters. The Labute approximate surface area is 109 Å². The van der Waals surface area contributed by atoms with Crippen LogP contribution in [-0.4, -0.2) is 31.2 Å². The van der Waals surface area contributed by atoms with E-state index in [4.69, 9.17) is 4.74 Å². The average Bonchev–Trinajstić information content (AvgIpc) is 2.63. The van der Waals surface area contributed by atoms with Crippen molar-refractivity contribution in [2.24, 2.45) is 5.41 Å². The second-order valence-corrected chi connectivity index (χ2v) is 6.90. The van der Waals surface area contributed by atoms with Crippen LogP contribution in [0.2, 0.25) is 0 Å². The summed E-state index contributed by atoms with van der Waals surface area (Å²) >= 11 is 5.36. The van der Waals surface area contributed by atoms with Crippen molar-refractivity contribution in [1.29, 1.82) is 0 Å². The molecule has 0 aromatic carbocycles. The lowest BCUT2D eigenvalue weighted by Gasteiger charge is -2.52. The minimum Gasteiger partial charge on any atom is -0.381 e. The Morgan fingerprint density at radius 1 is 1.38 bits per heavy atom. The van der Waals surface area contributed by atoms with Crippen LogP contribution < -0.4 is 0 Å². The second kappa shape index (κ2) is 4.41. The number of rotatable bonds is 2. The van der Waals surface area contributed by atoms with Crippen molar-refractivity contribution in [3.63, 3.8) is 0 Å². The Balaban J connectivity index is 1.53. The monoisotopic (exact) mass is 301 g/mol. The van der Waals surface area contributed by atoms with Gasteiger partial charge in [-0.2, -0.15) is 0 Å². The highest BCUT2D eigenvalue weighted by Crippen LogP contribution is 2.40. The van der Waals surface area contributed by atoms with Gasteiger partial charge in [0.1, 0.15) is 0 Å². The molecule has 3 rings (SSSR count). The summed E-state index contributed by atoms with van der Waals surface area (Å²) in [6.07, 6.45) is 2.52. The van der Waals surface area contributed by atoms with Crippen molar-refractivity contribution < 1.29 is 4.74 Å². The normalized spacial score (nSPS) is 24.6. The van der Waals surface area contributed by atoms with Crippen LogP contribution in [0.1, 0.15) is 17.7 Å². The van der Waals surface area contributed by atoms with Gasteiger partial charge in [0, 0.05) is 53.0 Å². The standard InChI is InChI=1S/C12H16BrNOS/c13-10-5-11(16-7-10)6-14-8-12(9-14)1-3-15-4-2-12/h5,7H,1-4,6,8-9H2. The van der Waals surface area contributed by atoms with Crippen LogP contribution in [0.3, 0.4) is 0 Å². The van der Waals surface area contributed by atoms with Crippen LogP contribution in [-0.2, 0) is 11.3 Å². The Morgan fingerprint density at radius 2 is 2.12 bits per heavy atom. The van der Waals surface area contributed by atoms with Crippen LogP contribution in [0.4, 0.5) is 0 Å². The van der Waals surface area contributed by atoms with E-state index in [-0.39, 0.29) is 0 Å². The SMILES string of the molecule is Brc1csc(CN2CC3(CCOCC3)C2)c1. The lowest BCUT2D eigenvalue weighted by molar-refractivity contribution is -0.0835. The fourth-order valence-electron chi connectivity index (χ4n) is 2.79. The topological polar surface area (TPSA) is 12.5 Å². The van der Waals surface area contributed by atoms with Gasteiger partial charge >= 0.3 is 0 Å². The maximum Gasteiger partial charge on any atom is 0.0472 e. The molecule has 4 heteroatoms. The first-order chi connectivity index (χ1) is 7.76. The third-order valence-electron chi connectivity index (χ3n) is 3.67. The van der Waals surface area contributed by atoms with Gasteiger partial charge < -0.3 is 4.74 Å². The molecule has 0 saturated carbocycles. The molecule has 0 aliphatic carbocycles. The largest absolute Gasteiger partial charge is 0.381 e. The zero-order valence-corrected chi connectivity index (χ0v) is 11.6. The van der Waals surface area contributed by atoms with Gasteiger partial charge in [-0.25, -0.2) is 0 Å². The molecule has 1 aromatic rings. The zero-order valence-electron chi connectivity index (χ0n) is 9.25. The smallest absolute Gasteiger partial charge is 0.0472 e. The molecule has 2 saturated heterocycles. The van der Waals surface area contributed by atoms with Crippen molar-refractivity contribution in [3.8, 4) is 0 Å². The van der Waals surface area contributed by atoms with Crippen molar-refractivity contribution in [2.45, 2.75) is 19.4 Å². The maximum absolute atomic E-state index is 5.43. The molecule has 0 atom stereocenters. The van der Waals surface area contributed by atoms with Gasteiger partial charge in [-0.15, -0.1) is 11.3 Å². The van der Waals surface area contributed by atoms with Gasteiger partial charge in [0.15, 0.2) is 0 Å². The van der Waals surface area contributed by atoms with Crippen LogP contribution in [0, 0.1) is 5.41 Å². The summed E-state index contributed by atoms with van der Waals surface area (Å²) in [5.41, 5.74) is 0.604. The van der Waals surface area contributed by atoms with E-state index < -0.39 is 0 Å². The van der Waals surface area contributed by atoms with E-state index in [9.17, 15) is 0 Å². The minimum absolute atomic E-state index is 0.604. The molecule has 0 bridgehead atoms. The Bertz CT molecular complexity index is 365. The molecule has 0 amide bonds. The van der Waals surface area contributed by atoms with Crippen molar-refractivity contribution >= 4 is 27.3 Å². The third kappa shape index (κ3) is 2.21. The Hall–Kier alpha value is 0.1000. The van der Waals surface area contributed by atoms with Crippen LogP contribution in [0.15, 0.2) is 15.9 Å². The highest BCUT2D eigenvalue weighted by atomic mass is 79.9. The van der Waals surface area contributed by atoms with Crippen LogP contribution >= 0.6 is 27.3 Å². The number of halogens is 1. The molecule has 1 aromatic heterocycles. The third-order valence-corrected chi connectivity index (χ3v) is 5.36. The number of ether oxygens (including phenoxy) is 1. The van der Waals surface area contributed by atoms with E-state index in [1.54, 1.807) is 0 Å². The summed E-state index contributed by atoms with van der Waals surface area (Å²) in [6.45, 7) is 5.60. The van der Waals surface area contributed by atoms with Gasteiger partial charge in [-0.3, -0.25) is 4.90 Å². The first-order valence-corrected chi connectivity index (χ1v) is 7.46. The predicted molar refractivity (Wildman–Crippen MR) is 69.8 cm³/mol. The molecular formula is C12H16BrNOS. The van der Waals surface area contributed by atoms with Crippen LogP contribution in [0.25, 0.3) is 0 Å². The number of thiophene rings is 1. The van der Waals surface area contributed by atoms with E-state index >= 15 is 0 Å². The fraction of sp³-hybridized carbons (Fsp3) is 0.667. The summed E-state index contributed by atoms with van der Waals surface area (Å²) in [6, 6.07) is 2.24. The lowest BCUT2D eigenvalue weighted by atomic mass is 9.73. The summed E-state index contributed by atoms with van der Waals surface area (Å²) in [5, 5.41) is 2.17. The van der Waals surface area contributed by atoms with Gasteiger partial charge in [-0.05, 0) is 34.8 Å². The lowest BCUT2D eigenvalue weighted by Crippen LogP contribution is -2.57. The summed E-state index contributed by atoms with van der Waals surface area (Å²) in [5.74, 6) is 0. The predicted octanol–water partition coefficient (Wildman–Crippen LogP) is 3.12. The first-order valence-electron chi connectivity index (χ1n) is 5.79. The van der Waals surface area contributed by atoms with Crippen molar-refractivity contribution in [2.75, 3.05) is 26.3 Å². The molecule has 2 fully saturated rings. The highest BCUT2D eigenvalue weighted by molar-refractivity contribution is 9.10. The molecule has 1 spiro atoms. The average molecular weight is 302 g/mol. The highest BCUT2D eigenvalue weighted by Gasteiger charge is 2.43. The summed E-state index contributed by atoms with van der Waals surface area (Å²) < 4.78 is 6.65. The van der Waals surface area contributed by atoms with Gasteiger partial charge in [0.05, 0.1) is 0 Å². The maximum atomic E-state index is 5.43. The summed E-state index contributed by atoms with van der Waals surface area (Å²) in [4.78, 5) is 4.03. The van der Waals surface area contributed by atoms with Crippen molar-refractivity contribution in [3.05, 3.63) is 20.8 Å². The molecule has 3 heterocycles. The van der Waals surface area contributed by atoms with E-state index in [1.165, 1.54) is 35.3 Å². The number of likely N-dealkylation sites (tertiary alicyclic amines) is 1. The quantitative estimate of drug-likeness (QED) is 0.832. The number of hydrogen-bond acceptors (Lipinski definition) is 3. The van der Waals surface area contributed by atoms with E-state index in [2.05, 4.69) is 32.3 Å². The van der Waals surface area contributed by atoms with Gasteiger partial charge in [-0.1, -0.05) is 0 Å². The Morgan fingerprint density at radius 3 is 2.75 bits per heavy atom. The molecule has 88 valence electrons. The zero-order chi connectivity index (χ0) is 11.0. The molecule has 2 nitrogen and oxygen atoms in total. The van der Waals surface area contributed by atoms with E-state index in [1.807, 2.05) is 11.3 Å². The van der Waals surface area contributed by atoms with Gasteiger partial charge in [0.25, 0.3) is 0 Å². The molecular weight excluding hydrogens is 286 g/mol. The number of nitrogens with zero attached hydrogens (tertiary/aromatic N) is 1. The summed E-state index contributed by atoms with van der Waals surface area (Å²) in [7, 11) is 0. The van der Waals surface area contributed by atoms with E-state index in [0.29, 0.717) is 5.41 Å². The first kappa shape index (κ1) is 11.2. The molecule has 2 aliphatic heterocycles. The second-order valence-electron chi connectivity index (χ2n) is 4.99. The Kier molecular flexibility index (Phi) is 3.09. The number of hydrogen-bond donors (Lipinski definition) is 0.